The van der Waals surface area contributed by atoms with Crippen molar-refractivity contribution in [2.75, 3.05) is 30.0 Å². The summed E-state index contributed by atoms with van der Waals surface area (Å²) in [5.74, 6) is -1.62. The molecule has 0 aliphatic carbocycles. The number of aliphatic hydroxyl groups is 1. The third kappa shape index (κ3) is 4.86. The summed E-state index contributed by atoms with van der Waals surface area (Å²) in [6, 6.07) is 15.5. The fraction of sp³-hybridized carbons (Fsp3) is 0.267. The summed E-state index contributed by atoms with van der Waals surface area (Å²) < 4.78 is 5.22. The molecule has 1 N–H and O–H groups in total. The minimum atomic E-state index is -0.859. The highest BCUT2D eigenvalue weighted by molar-refractivity contribution is 6.52. The first-order valence-electron chi connectivity index (χ1n) is 12.4. The molecule has 1 aliphatic rings. The largest absolute Gasteiger partial charge is 0.507 e. The fourth-order valence-electron chi connectivity index (χ4n) is 4.98. The molecule has 8 heteroatoms. The molecule has 1 amide bonds. The number of aryl methyl sites for hydroxylation is 2. The minimum Gasteiger partial charge on any atom is -0.507 e. The van der Waals surface area contributed by atoms with Gasteiger partial charge in [-0.05, 0) is 69.2 Å². The average molecular weight is 553 g/mol. The Labute approximate surface area is 233 Å². The van der Waals surface area contributed by atoms with E-state index in [1.54, 1.807) is 0 Å². The van der Waals surface area contributed by atoms with Crippen LogP contribution in [-0.2, 0) is 9.59 Å². The lowest BCUT2D eigenvalue weighted by Crippen LogP contribution is -2.30. The van der Waals surface area contributed by atoms with Crippen molar-refractivity contribution in [1.82, 2.24) is 0 Å². The molecule has 1 saturated heterocycles. The summed E-state index contributed by atoms with van der Waals surface area (Å²) in [5.41, 5.74) is 4.35. The molecular formula is C30H30Cl2N2O4. The van der Waals surface area contributed by atoms with Gasteiger partial charge in [0.2, 0.25) is 0 Å². The normalized spacial score (nSPS) is 16.7. The number of amides is 1. The van der Waals surface area contributed by atoms with Crippen LogP contribution >= 0.6 is 23.2 Å². The lowest BCUT2D eigenvalue weighted by atomic mass is 9.94. The fourth-order valence-corrected chi connectivity index (χ4v) is 5.62. The van der Waals surface area contributed by atoms with Crippen LogP contribution in [0.4, 0.5) is 11.4 Å². The maximum absolute atomic E-state index is 13.5. The van der Waals surface area contributed by atoms with Crippen LogP contribution in [0, 0.1) is 13.8 Å². The third-order valence-electron chi connectivity index (χ3n) is 6.87. The van der Waals surface area contributed by atoms with E-state index in [0.29, 0.717) is 11.3 Å². The Bertz CT molecular complexity index is 1410. The molecule has 1 aliphatic heterocycles. The van der Waals surface area contributed by atoms with Gasteiger partial charge in [0.05, 0.1) is 28.8 Å². The average Bonchev–Trinajstić information content (AvgIpc) is 3.14. The number of aliphatic hydroxyl groups excluding tert-OH is 1. The number of ketones is 1. The van der Waals surface area contributed by atoms with Gasteiger partial charge in [0.15, 0.2) is 5.75 Å². The zero-order valence-electron chi connectivity index (χ0n) is 22.0. The van der Waals surface area contributed by atoms with E-state index in [1.807, 2.05) is 56.3 Å². The Kier molecular flexibility index (Phi) is 8.05. The van der Waals surface area contributed by atoms with Crippen LogP contribution in [0.2, 0.25) is 10.0 Å². The van der Waals surface area contributed by atoms with E-state index in [0.717, 1.165) is 29.9 Å². The van der Waals surface area contributed by atoms with Gasteiger partial charge in [-0.1, -0.05) is 53.0 Å². The molecular weight excluding hydrogens is 523 g/mol. The van der Waals surface area contributed by atoms with Crippen molar-refractivity contribution in [1.29, 1.82) is 0 Å². The molecule has 4 rings (SSSR count). The Morgan fingerprint density at radius 3 is 2.11 bits per heavy atom. The Morgan fingerprint density at radius 2 is 1.58 bits per heavy atom. The molecule has 1 heterocycles. The number of hydrogen-bond acceptors (Lipinski definition) is 5. The topological polar surface area (TPSA) is 70.1 Å². The number of rotatable bonds is 7. The van der Waals surface area contributed by atoms with Crippen LogP contribution in [-0.4, -0.2) is 37.0 Å². The van der Waals surface area contributed by atoms with Crippen LogP contribution in [0.3, 0.4) is 0 Å². The number of halogens is 2. The van der Waals surface area contributed by atoms with Crippen molar-refractivity contribution in [3.63, 3.8) is 0 Å². The zero-order chi connectivity index (χ0) is 27.7. The van der Waals surface area contributed by atoms with Crippen LogP contribution in [0.25, 0.3) is 5.76 Å². The first-order chi connectivity index (χ1) is 18.1. The van der Waals surface area contributed by atoms with Crippen LogP contribution in [0.5, 0.6) is 5.75 Å². The molecule has 0 spiro atoms. The molecule has 1 fully saturated rings. The third-order valence-corrected chi connectivity index (χ3v) is 7.43. The second-order valence-electron chi connectivity index (χ2n) is 9.20. The van der Waals surface area contributed by atoms with Crippen molar-refractivity contribution >= 4 is 52.0 Å². The predicted molar refractivity (Wildman–Crippen MR) is 154 cm³/mol. The van der Waals surface area contributed by atoms with E-state index in [-0.39, 0.29) is 32.7 Å². The summed E-state index contributed by atoms with van der Waals surface area (Å²) in [5, 5.41) is 11.8. The molecule has 6 nitrogen and oxygen atoms in total. The zero-order valence-corrected chi connectivity index (χ0v) is 23.5. The number of methoxy groups -OCH3 is 1. The van der Waals surface area contributed by atoms with Crippen molar-refractivity contribution in [3.8, 4) is 5.75 Å². The molecule has 1 atom stereocenters. The van der Waals surface area contributed by atoms with Gasteiger partial charge in [0.1, 0.15) is 5.76 Å². The first-order valence-corrected chi connectivity index (χ1v) is 13.1. The van der Waals surface area contributed by atoms with Gasteiger partial charge < -0.3 is 14.7 Å². The second-order valence-corrected chi connectivity index (χ2v) is 10.0. The Morgan fingerprint density at radius 1 is 0.974 bits per heavy atom. The van der Waals surface area contributed by atoms with Gasteiger partial charge in [-0.3, -0.25) is 14.5 Å². The van der Waals surface area contributed by atoms with E-state index in [2.05, 4.69) is 18.7 Å². The lowest BCUT2D eigenvalue weighted by molar-refractivity contribution is -0.132. The first kappa shape index (κ1) is 27.6. The molecule has 0 saturated carbocycles. The summed E-state index contributed by atoms with van der Waals surface area (Å²) in [6.45, 7) is 9.71. The monoisotopic (exact) mass is 552 g/mol. The van der Waals surface area contributed by atoms with Gasteiger partial charge in [-0.15, -0.1) is 0 Å². The van der Waals surface area contributed by atoms with E-state index in [9.17, 15) is 14.7 Å². The number of Topliss-reactive ketones (excluding diaryl/α,β-unsaturated/α-hetero) is 1. The highest BCUT2D eigenvalue weighted by atomic mass is 35.5. The number of anilines is 2. The summed E-state index contributed by atoms with van der Waals surface area (Å²) in [7, 11) is 1.43. The van der Waals surface area contributed by atoms with Crippen molar-refractivity contribution in [2.45, 2.75) is 33.7 Å². The maximum Gasteiger partial charge on any atom is 0.300 e. The quantitative estimate of drug-likeness (QED) is 0.192. The summed E-state index contributed by atoms with van der Waals surface area (Å²) in [4.78, 5) is 30.7. The maximum atomic E-state index is 13.5. The summed E-state index contributed by atoms with van der Waals surface area (Å²) in [6.07, 6.45) is 0. The number of ether oxygens (including phenoxy) is 1. The van der Waals surface area contributed by atoms with Gasteiger partial charge in [-0.2, -0.15) is 0 Å². The minimum absolute atomic E-state index is 0.0390. The smallest absolute Gasteiger partial charge is 0.300 e. The molecule has 198 valence electrons. The highest BCUT2D eigenvalue weighted by Crippen LogP contribution is 2.45. The molecule has 3 aromatic rings. The number of benzene rings is 3. The Balaban J connectivity index is 1.95. The molecule has 38 heavy (non-hydrogen) atoms. The number of carbonyl (C=O) groups excluding carboxylic acids is 2. The van der Waals surface area contributed by atoms with Crippen molar-refractivity contribution < 1.29 is 19.4 Å². The van der Waals surface area contributed by atoms with Gasteiger partial charge in [0.25, 0.3) is 11.7 Å². The van der Waals surface area contributed by atoms with E-state index in [1.165, 1.54) is 24.1 Å². The van der Waals surface area contributed by atoms with Gasteiger partial charge >= 0.3 is 0 Å². The van der Waals surface area contributed by atoms with E-state index in [4.69, 9.17) is 27.9 Å². The van der Waals surface area contributed by atoms with Gasteiger partial charge in [-0.25, -0.2) is 0 Å². The predicted octanol–water partition coefficient (Wildman–Crippen LogP) is 7.09. The molecule has 0 bridgehead atoms. The standard InChI is InChI=1S/C30H30Cl2N2O4/c1-6-33(7-2)21-11-9-19(10-12-21)26-25(27(35)20-15-22(31)29(38-5)23(32)16-20)28(36)30(37)34(26)24-13-8-17(3)14-18(24)4/h8-16,26,35H,6-7H2,1-5H3/b27-25+. The van der Waals surface area contributed by atoms with Crippen molar-refractivity contribution in [2.24, 2.45) is 0 Å². The van der Waals surface area contributed by atoms with Crippen LogP contribution in [0.1, 0.15) is 42.1 Å². The summed E-state index contributed by atoms with van der Waals surface area (Å²) >= 11 is 12.7. The molecule has 0 radical (unpaired) electrons. The number of carbonyl (C=O) groups is 2. The van der Waals surface area contributed by atoms with E-state index >= 15 is 0 Å². The molecule has 0 aromatic heterocycles. The van der Waals surface area contributed by atoms with Gasteiger partial charge in [0, 0.05) is 30.0 Å². The van der Waals surface area contributed by atoms with Crippen molar-refractivity contribution in [3.05, 3.63) is 92.5 Å². The van der Waals surface area contributed by atoms with Crippen LogP contribution < -0.4 is 14.5 Å². The van der Waals surface area contributed by atoms with Crippen LogP contribution in [0.15, 0.2) is 60.2 Å². The van der Waals surface area contributed by atoms with E-state index < -0.39 is 17.7 Å². The molecule has 1 unspecified atom stereocenters. The lowest BCUT2D eigenvalue weighted by Gasteiger charge is -2.28. The SMILES string of the molecule is CCN(CC)c1ccc(C2/C(=C(\O)c3cc(Cl)c(OC)c(Cl)c3)C(=O)C(=O)N2c2ccc(C)cc2C)cc1. The molecule has 3 aromatic carbocycles. The number of hydrogen-bond donors (Lipinski definition) is 1. The second kappa shape index (κ2) is 11.1. The highest BCUT2D eigenvalue weighted by Gasteiger charge is 2.47. The number of nitrogens with zero attached hydrogens (tertiary/aromatic N) is 2. The Hall–Kier alpha value is -3.48.